The summed E-state index contributed by atoms with van der Waals surface area (Å²) in [6.45, 7) is -0.241. The van der Waals surface area contributed by atoms with E-state index in [-0.39, 0.29) is 4.90 Å². The van der Waals surface area contributed by atoms with Crippen LogP contribution in [0.4, 0.5) is 4.39 Å². The van der Waals surface area contributed by atoms with Crippen molar-refractivity contribution in [2.75, 3.05) is 19.5 Å². The summed E-state index contributed by atoms with van der Waals surface area (Å²) in [4.78, 5) is -1.24. The minimum Gasteiger partial charge on any atom is -0.394 e. The summed E-state index contributed by atoms with van der Waals surface area (Å²) in [5.41, 5.74) is -1.60. The fourth-order valence-corrected chi connectivity index (χ4v) is 3.63. The van der Waals surface area contributed by atoms with Crippen LogP contribution in [0, 0.1) is 5.82 Å². The Kier molecular flexibility index (Phi) is 5.11. The molecule has 0 saturated heterocycles. The SMILES string of the molecule is CC(CO)(CO)NS(=O)(=O)c1cc(S(C)(=O)=O)ccc1F. The van der Waals surface area contributed by atoms with Crippen LogP contribution in [0.3, 0.4) is 0 Å². The Morgan fingerprint density at radius 1 is 1.19 bits per heavy atom. The molecule has 1 aromatic rings. The number of halogens is 1. The van der Waals surface area contributed by atoms with E-state index >= 15 is 0 Å². The third-order valence-electron chi connectivity index (χ3n) is 2.70. The Hall–Kier alpha value is -1.07. The van der Waals surface area contributed by atoms with Crippen molar-refractivity contribution in [3.63, 3.8) is 0 Å². The second kappa shape index (κ2) is 5.97. The minimum absolute atomic E-state index is 0.362. The van der Waals surface area contributed by atoms with E-state index in [0.29, 0.717) is 6.07 Å². The van der Waals surface area contributed by atoms with Gasteiger partial charge in [-0.05, 0) is 25.1 Å². The number of sulfonamides is 1. The largest absolute Gasteiger partial charge is 0.394 e. The van der Waals surface area contributed by atoms with Gasteiger partial charge in [0.25, 0.3) is 0 Å². The van der Waals surface area contributed by atoms with Gasteiger partial charge in [0.1, 0.15) is 10.7 Å². The molecule has 0 spiro atoms. The van der Waals surface area contributed by atoms with E-state index < -0.39 is 49.3 Å². The highest BCUT2D eigenvalue weighted by Gasteiger charge is 2.31. The van der Waals surface area contributed by atoms with Gasteiger partial charge in [0.2, 0.25) is 10.0 Å². The lowest BCUT2D eigenvalue weighted by Crippen LogP contribution is -2.51. The first kappa shape index (κ1) is 18.0. The standard InChI is InChI=1S/C11H16FNO6S2/c1-11(6-14,7-15)13-21(18,19)10-5-8(20(2,16)17)3-4-9(10)12/h3-5,13-15H,6-7H2,1-2H3. The molecule has 0 aromatic heterocycles. The molecule has 120 valence electrons. The van der Waals surface area contributed by atoms with Crippen molar-refractivity contribution in [2.45, 2.75) is 22.3 Å². The highest BCUT2D eigenvalue weighted by molar-refractivity contribution is 7.91. The molecule has 0 aliphatic carbocycles. The van der Waals surface area contributed by atoms with E-state index in [0.717, 1.165) is 18.4 Å². The molecule has 0 amide bonds. The predicted octanol–water partition coefficient (Wildman–Crippen LogP) is -0.749. The molecule has 3 N–H and O–H groups in total. The van der Waals surface area contributed by atoms with E-state index in [1.807, 2.05) is 4.72 Å². The molecule has 0 atom stereocenters. The second-order valence-corrected chi connectivity index (χ2v) is 8.51. The van der Waals surface area contributed by atoms with E-state index in [9.17, 15) is 21.2 Å². The summed E-state index contributed by atoms with van der Waals surface area (Å²) >= 11 is 0. The predicted molar refractivity (Wildman–Crippen MR) is 72.4 cm³/mol. The molecule has 0 saturated carbocycles. The molecule has 0 heterocycles. The number of hydrogen-bond acceptors (Lipinski definition) is 6. The summed E-state index contributed by atoms with van der Waals surface area (Å²) in [7, 11) is -8.18. The summed E-state index contributed by atoms with van der Waals surface area (Å²) in [5, 5.41) is 18.1. The number of sulfone groups is 1. The molecule has 10 heteroatoms. The van der Waals surface area contributed by atoms with E-state index in [2.05, 4.69) is 0 Å². The third-order valence-corrected chi connectivity index (χ3v) is 5.46. The molecule has 0 radical (unpaired) electrons. The first-order valence-electron chi connectivity index (χ1n) is 5.70. The van der Waals surface area contributed by atoms with Gasteiger partial charge in [0, 0.05) is 6.26 Å². The Bertz CT molecular complexity index is 725. The summed E-state index contributed by atoms with van der Waals surface area (Å²) in [6.07, 6.45) is 0.857. The Balaban J connectivity index is 3.39. The van der Waals surface area contributed by atoms with Crippen molar-refractivity contribution >= 4 is 19.9 Å². The Morgan fingerprint density at radius 3 is 2.14 bits per heavy atom. The molecule has 0 unspecified atom stereocenters. The lowest BCUT2D eigenvalue weighted by atomic mass is 10.1. The highest BCUT2D eigenvalue weighted by atomic mass is 32.2. The van der Waals surface area contributed by atoms with Gasteiger partial charge in [0.15, 0.2) is 9.84 Å². The van der Waals surface area contributed by atoms with Crippen LogP contribution in [0.25, 0.3) is 0 Å². The third kappa shape index (κ3) is 4.20. The summed E-state index contributed by atoms with van der Waals surface area (Å²) in [5.74, 6) is -1.15. The van der Waals surface area contributed by atoms with Gasteiger partial charge in [-0.15, -0.1) is 0 Å². The van der Waals surface area contributed by atoms with Gasteiger partial charge < -0.3 is 10.2 Å². The monoisotopic (exact) mass is 341 g/mol. The first-order chi connectivity index (χ1) is 9.45. The zero-order chi connectivity index (χ0) is 16.5. The number of nitrogens with one attached hydrogen (secondary N) is 1. The Labute approximate surface area is 122 Å². The van der Waals surface area contributed by atoms with Crippen molar-refractivity contribution in [3.8, 4) is 0 Å². The number of rotatable bonds is 6. The van der Waals surface area contributed by atoms with E-state index in [4.69, 9.17) is 10.2 Å². The molecule has 21 heavy (non-hydrogen) atoms. The molecule has 1 rings (SSSR count). The zero-order valence-electron chi connectivity index (χ0n) is 11.4. The van der Waals surface area contributed by atoms with Crippen molar-refractivity contribution in [3.05, 3.63) is 24.0 Å². The van der Waals surface area contributed by atoms with Gasteiger partial charge in [-0.25, -0.2) is 25.9 Å². The van der Waals surface area contributed by atoms with Gasteiger partial charge in [-0.3, -0.25) is 0 Å². The summed E-state index contributed by atoms with van der Waals surface area (Å²) < 4.78 is 62.6. The van der Waals surface area contributed by atoms with Crippen LogP contribution < -0.4 is 4.72 Å². The number of benzene rings is 1. The molecule has 7 nitrogen and oxygen atoms in total. The first-order valence-corrected chi connectivity index (χ1v) is 9.08. The number of aliphatic hydroxyl groups is 2. The van der Waals surface area contributed by atoms with Crippen molar-refractivity contribution < 1.29 is 31.4 Å². The van der Waals surface area contributed by atoms with Crippen molar-refractivity contribution in [1.29, 1.82) is 0 Å². The average molecular weight is 341 g/mol. The maximum absolute atomic E-state index is 13.7. The van der Waals surface area contributed by atoms with Gasteiger partial charge in [-0.2, -0.15) is 0 Å². The summed E-state index contributed by atoms with van der Waals surface area (Å²) in [6, 6.07) is 2.35. The average Bonchev–Trinajstić information content (AvgIpc) is 2.37. The van der Waals surface area contributed by atoms with Gasteiger partial charge >= 0.3 is 0 Å². The fourth-order valence-electron chi connectivity index (χ4n) is 1.41. The molecule has 1 aromatic carbocycles. The minimum atomic E-state index is -4.47. The number of hydrogen-bond donors (Lipinski definition) is 3. The van der Waals surface area contributed by atoms with Crippen LogP contribution in [0.5, 0.6) is 0 Å². The molecule has 0 aliphatic heterocycles. The molecule has 0 bridgehead atoms. The van der Waals surface area contributed by atoms with Crippen LogP contribution in [0.15, 0.2) is 28.0 Å². The topological polar surface area (TPSA) is 121 Å². The molecular formula is C11H16FNO6S2. The maximum Gasteiger partial charge on any atom is 0.244 e. The maximum atomic E-state index is 13.7. The van der Waals surface area contributed by atoms with Gasteiger partial charge in [0.05, 0.1) is 23.6 Å². The quantitative estimate of drug-likeness (QED) is 0.586. The lowest BCUT2D eigenvalue weighted by Gasteiger charge is -2.25. The molecular weight excluding hydrogens is 325 g/mol. The van der Waals surface area contributed by atoms with Gasteiger partial charge in [-0.1, -0.05) is 0 Å². The smallest absolute Gasteiger partial charge is 0.244 e. The molecule has 0 fully saturated rings. The van der Waals surface area contributed by atoms with Crippen LogP contribution in [0.1, 0.15) is 6.92 Å². The van der Waals surface area contributed by atoms with Crippen LogP contribution >= 0.6 is 0 Å². The van der Waals surface area contributed by atoms with Crippen LogP contribution in [-0.4, -0.2) is 52.1 Å². The Morgan fingerprint density at radius 2 is 1.71 bits per heavy atom. The normalized spacial score (nSPS) is 13.4. The van der Waals surface area contributed by atoms with E-state index in [1.54, 1.807) is 0 Å². The van der Waals surface area contributed by atoms with E-state index in [1.165, 1.54) is 6.92 Å². The second-order valence-electron chi connectivity index (χ2n) is 4.85. The fraction of sp³-hybridized carbons (Fsp3) is 0.455. The van der Waals surface area contributed by atoms with Crippen LogP contribution in [-0.2, 0) is 19.9 Å². The van der Waals surface area contributed by atoms with Crippen molar-refractivity contribution in [1.82, 2.24) is 4.72 Å². The molecule has 0 aliphatic rings. The lowest BCUT2D eigenvalue weighted by molar-refractivity contribution is 0.121. The van der Waals surface area contributed by atoms with Crippen molar-refractivity contribution in [2.24, 2.45) is 0 Å². The highest BCUT2D eigenvalue weighted by Crippen LogP contribution is 2.21. The number of aliphatic hydroxyl groups excluding tert-OH is 2. The zero-order valence-corrected chi connectivity index (χ0v) is 13.0. The van der Waals surface area contributed by atoms with Crippen LogP contribution in [0.2, 0.25) is 0 Å².